The zero-order valence-corrected chi connectivity index (χ0v) is 11.5. The number of esters is 1. The van der Waals surface area contributed by atoms with E-state index < -0.39 is 0 Å². The predicted octanol–water partition coefficient (Wildman–Crippen LogP) is 2.52. The number of carbonyl (C=O) groups excluding carboxylic acids is 1. The Kier molecular flexibility index (Phi) is 4.53. The van der Waals surface area contributed by atoms with Crippen LogP contribution in [0.3, 0.4) is 0 Å². The number of halogens is 1. The van der Waals surface area contributed by atoms with E-state index in [0.717, 1.165) is 43.6 Å². The van der Waals surface area contributed by atoms with Gasteiger partial charge in [0.05, 0.1) is 13.0 Å². The Balaban J connectivity index is 1.92. The first-order chi connectivity index (χ1) is 9.10. The average Bonchev–Trinajstić information content (AvgIpc) is 2.43. The third kappa shape index (κ3) is 3.53. The molecular formula is C15H20FNO2. The Morgan fingerprint density at radius 2 is 2.11 bits per heavy atom. The van der Waals surface area contributed by atoms with E-state index in [2.05, 4.69) is 4.90 Å². The number of ether oxygens (including phenoxy) is 1. The van der Waals surface area contributed by atoms with Gasteiger partial charge in [-0.25, -0.2) is 4.39 Å². The molecule has 0 N–H and O–H groups in total. The first-order valence-corrected chi connectivity index (χ1v) is 6.65. The van der Waals surface area contributed by atoms with Crippen LogP contribution in [0.4, 0.5) is 4.39 Å². The van der Waals surface area contributed by atoms with Crippen molar-refractivity contribution in [3.63, 3.8) is 0 Å². The van der Waals surface area contributed by atoms with Gasteiger partial charge in [-0.2, -0.15) is 0 Å². The quantitative estimate of drug-likeness (QED) is 0.787. The molecule has 1 fully saturated rings. The van der Waals surface area contributed by atoms with Crippen LogP contribution in [0.15, 0.2) is 18.2 Å². The van der Waals surface area contributed by atoms with E-state index in [4.69, 9.17) is 4.74 Å². The standard InChI is InChI=1S/C15H20FNO2/c1-11-3-4-14(16)9-13(11)10-17-7-5-12(6-8-17)15(18)19-2/h3-4,9,12H,5-8,10H2,1-2H3. The summed E-state index contributed by atoms with van der Waals surface area (Å²) in [6.45, 7) is 4.46. The molecule has 0 radical (unpaired) electrons. The zero-order chi connectivity index (χ0) is 13.8. The van der Waals surface area contributed by atoms with Crippen LogP contribution >= 0.6 is 0 Å². The number of nitrogens with zero attached hydrogens (tertiary/aromatic N) is 1. The highest BCUT2D eigenvalue weighted by atomic mass is 19.1. The summed E-state index contributed by atoms with van der Waals surface area (Å²) in [5, 5.41) is 0. The van der Waals surface area contributed by atoms with Crippen LogP contribution < -0.4 is 0 Å². The van der Waals surface area contributed by atoms with E-state index in [1.165, 1.54) is 13.2 Å². The molecule has 0 spiro atoms. The van der Waals surface area contributed by atoms with Crippen LogP contribution in [0.2, 0.25) is 0 Å². The van der Waals surface area contributed by atoms with Crippen molar-refractivity contribution in [1.29, 1.82) is 0 Å². The van der Waals surface area contributed by atoms with E-state index in [1.54, 1.807) is 6.07 Å². The lowest BCUT2D eigenvalue weighted by atomic mass is 9.96. The van der Waals surface area contributed by atoms with Gasteiger partial charge in [0, 0.05) is 6.54 Å². The molecule has 1 aromatic rings. The van der Waals surface area contributed by atoms with Crippen molar-refractivity contribution in [1.82, 2.24) is 4.90 Å². The number of piperidine rings is 1. The average molecular weight is 265 g/mol. The molecule has 1 aliphatic rings. The summed E-state index contributed by atoms with van der Waals surface area (Å²) >= 11 is 0. The summed E-state index contributed by atoms with van der Waals surface area (Å²) in [5.74, 6) is -0.276. The second-order valence-corrected chi connectivity index (χ2v) is 5.14. The fourth-order valence-corrected chi connectivity index (χ4v) is 2.54. The predicted molar refractivity (Wildman–Crippen MR) is 71.2 cm³/mol. The van der Waals surface area contributed by atoms with E-state index in [-0.39, 0.29) is 17.7 Å². The Hall–Kier alpha value is -1.42. The van der Waals surface area contributed by atoms with Gasteiger partial charge in [-0.1, -0.05) is 6.07 Å². The minimum absolute atomic E-state index is 0.0230. The number of hydrogen-bond donors (Lipinski definition) is 0. The van der Waals surface area contributed by atoms with Crippen molar-refractivity contribution in [3.8, 4) is 0 Å². The van der Waals surface area contributed by atoms with Crippen molar-refractivity contribution in [2.45, 2.75) is 26.3 Å². The zero-order valence-electron chi connectivity index (χ0n) is 11.5. The SMILES string of the molecule is COC(=O)C1CCN(Cc2cc(F)ccc2C)CC1. The van der Waals surface area contributed by atoms with Gasteiger partial charge >= 0.3 is 5.97 Å². The Morgan fingerprint density at radius 3 is 2.74 bits per heavy atom. The van der Waals surface area contributed by atoms with E-state index in [1.807, 2.05) is 13.0 Å². The summed E-state index contributed by atoms with van der Waals surface area (Å²) in [5.41, 5.74) is 2.13. The Bertz CT molecular complexity index is 453. The van der Waals surface area contributed by atoms with Crippen molar-refractivity contribution in [2.75, 3.05) is 20.2 Å². The van der Waals surface area contributed by atoms with Gasteiger partial charge in [-0.3, -0.25) is 9.69 Å². The highest BCUT2D eigenvalue weighted by molar-refractivity contribution is 5.72. The van der Waals surface area contributed by atoms with E-state index in [0.29, 0.717) is 0 Å². The van der Waals surface area contributed by atoms with Gasteiger partial charge in [0.15, 0.2) is 0 Å². The Labute approximate surface area is 113 Å². The maximum atomic E-state index is 13.2. The van der Waals surface area contributed by atoms with Crippen molar-refractivity contribution >= 4 is 5.97 Å². The molecule has 1 aromatic carbocycles. The highest BCUT2D eigenvalue weighted by Crippen LogP contribution is 2.21. The fraction of sp³-hybridized carbons (Fsp3) is 0.533. The molecule has 3 nitrogen and oxygen atoms in total. The van der Waals surface area contributed by atoms with Crippen LogP contribution in [-0.4, -0.2) is 31.1 Å². The van der Waals surface area contributed by atoms with Crippen LogP contribution in [0, 0.1) is 18.7 Å². The van der Waals surface area contributed by atoms with Gasteiger partial charge < -0.3 is 4.74 Å². The molecule has 0 atom stereocenters. The third-order valence-corrected chi connectivity index (χ3v) is 3.83. The smallest absolute Gasteiger partial charge is 0.308 e. The van der Waals surface area contributed by atoms with Crippen LogP contribution in [0.5, 0.6) is 0 Å². The molecule has 0 aromatic heterocycles. The number of carbonyl (C=O) groups is 1. The maximum Gasteiger partial charge on any atom is 0.308 e. The number of methoxy groups -OCH3 is 1. The molecule has 2 rings (SSSR count). The van der Waals surface area contributed by atoms with Gasteiger partial charge in [0.2, 0.25) is 0 Å². The highest BCUT2D eigenvalue weighted by Gasteiger charge is 2.25. The maximum absolute atomic E-state index is 13.2. The lowest BCUT2D eigenvalue weighted by Crippen LogP contribution is -2.36. The molecule has 0 aliphatic carbocycles. The summed E-state index contributed by atoms with van der Waals surface area (Å²) in [7, 11) is 1.44. The Morgan fingerprint density at radius 1 is 1.42 bits per heavy atom. The van der Waals surface area contributed by atoms with E-state index in [9.17, 15) is 9.18 Å². The summed E-state index contributed by atoms with van der Waals surface area (Å²) in [4.78, 5) is 13.7. The summed E-state index contributed by atoms with van der Waals surface area (Å²) in [6, 6.07) is 4.90. The molecule has 1 saturated heterocycles. The number of likely N-dealkylation sites (tertiary alicyclic amines) is 1. The van der Waals surface area contributed by atoms with Crippen molar-refractivity contribution in [2.24, 2.45) is 5.92 Å². The topological polar surface area (TPSA) is 29.5 Å². The monoisotopic (exact) mass is 265 g/mol. The van der Waals surface area contributed by atoms with Crippen LogP contribution in [0.1, 0.15) is 24.0 Å². The molecule has 104 valence electrons. The van der Waals surface area contributed by atoms with Gasteiger partial charge in [-0.05, 0) is 56.1 Å². The first kappa shape index (κ1) is 14.0. The largest absolute Gasteiger partial charge is 0.469 e. The number of benzene rings is 1. The van der Waals surface area contributed by atoms with Crippen molar-refractivity contribution in [3.05, 3.63) is 35.1 Å². The molecule has 1 aliphatic heterocycles. The third-order valence-electron chi connectivity index (χ3n) is 3.83. The molecule has 4 heteroatoms. The molecule has 0 saturated carbocycles. The fourth-order valence-electron chi connectivity index (χ4n) is 2.54. The lowest BCUT2D eigenvalue weighted by molar-refractivity contribution is -0.147. The molecule has 0 bridgehead atoms. The first-order valence-electron chi connectivity index (χ1n) is 6.65. The number of rotatable bonds is 3. The van der Waals surface area contributed by atoms with Crippen LogP contribution in [-0.2, 0) is 16.1 Å². The lowest BCUT2D eigenvalue weighted by Gasteiger charge is -2.31. The van der Waals surface area contributed by atoms with Crippen LogP contribution in [0.25, 0.3) is 0 Å². The molecule has 0 amide bonds. The minimum atomic E-state index is -0.190. The normalized spacial score (nSPS) is 17.4. The molecule has 1 heterocycles. The molecule has 0 unspecified atom stereocenters. The van der Waals surface area contributed by atoms with E-state index >= 15 is 0 Å². The second-order valence-electron chi connectivity index (χ2n) is 5.14. The van der Waals surface area contributed by atoms with Crippen molar-refractivity contribution < 1.29 is 13.9 Å². The van der Waals surface area contributed by atoms with Gasteiger partial charge in [0.25, 0.3) is 0 Å². The number of aryl methyl sites for hydroxylation is 1. The molecular weight excluding hydrogens is 245 g/mol. The molecule has 19 heavy (non-hydrogen) atoms. The summed E-state index contributed by atoms with van der Waals surface area (Å²) < 4.78 is 18.0. The van der Waals surface area contributed by atoms with Gasteiger partial charge in [0.1, 0.15) is 5.82 Å². The second kappa shape index (κ2) is 6.15. The minimum Gasteiger partial charge on any atom is -0.469 e. The van der Waals surface area contributed by atoms with Gasteiger partial charge in [-0.15, -0.1) is 0 Å². The number of hydrogen-bond acceptors (Lipinski definition) is 3. The summed E-state index contributed by atoms with van der Waals surface area (Å²) in [6.07, 6.45) is 1.64.